The molecule has 0 aliphatic rings. The molecule has 0 heterocycles. The van der Waals surface area contributed by atoms with Gasteiger partial charge in [-0.25, -0.2) is 5.90 Å². The van der Waals surface area contributed by atoms with Crippen LogP contribution >= 0.6 is 0 Å². The van der Waals surface area contributed by atoms with Crippen molar-refractivity contribution in [3.8, 4) is 5.75 Å². The summed E-state index contributed by atoms with van der Waals surface area (Å²) in [6, 6.07) is 3.68. The van der Waals surface area contributed by atoms with E-state index in [2.05, 4.69) is 4.84 Å². The molecule has 0 spiro atoms. The van der Waals surface area contributed by atoms with E-state index in [1.165, 1.54) is 0 Å². The quantitative estimate of drug-likeness (QED) is 0.654. The molecule has 0 saturated heterocycles. The zero-order valence-electron chi connectivity index (χ0n) is 7.29. The number of hydrogen-bond donors (Lipinski definition) is 2. The normalized spacial score (nSPS) is 10.2. The van der Waals surface area contributed by atoms with Crippen LogP contribution < -0.4 is 5.90 Å². The minimum Gasteiger partial charge on any atom is -0.508 e. The second kappa shape index (κ2) is 3.56. The SMILES string of the molecule is Cc1cc(C)c(CON)c(O)c1. The van der Waals surface area contributed by atoms with E-state index in [0.717, 1.165) is 16.7 Å². The van der Waals surface area contributed by atoms with Crippen molar-refractivity contribution in [3.63, 3.8) is 0 Å². The Labute approximate surface area is 71.7 Å². The van der Waals surface area contributed by atoms with E-state index in [-0.39, 0.29) is 12.4 Å². The monoisotopic (exact) mass is 167 g/mol. The first kappa shape index (κ1) is 9.03. The fourth-order valence-corrected chi connectivity index (χ4v) is 1.25. The van der Waals surface area contributed by atoms with Gasteiger partial charge in [0.25, 0.3) is 0 Å². The molecule has 0 saturated carbocycles. The summed E-state index contributed by atoms with van der Waals surface area (Å²) in [6.07, 6.45) is 0. The lowest BCUT2D eigenvalue weighted by Crippen LogP contribution is -2.01. The molecule has 0 amide bonds. The molecule has 0 aliphatic carbocycles. The van der Waals surface area contributed by atoms with Gasteiger partial charge in [-0.05, 0) is 31.0 Å². The molecule has 1 rings (SSSR count). The Kier molecular flexibility index (Phi) is 2.68. The van der Waals surface area contributed by atoms with E-state index in [9.17, 15) is 5.11 Å². The average molecular weight is 167 g/mol. The third-order valence-corrected chi connectivity index (χ3v) is 1.82. The molecule has 12 heavy (non-hydrogen) atoms. The van der Waals surface area contributed by atoms with E-state index in [4.69, 9.17) is 5.90 Å². The maximum atomic E-state index is 9.47. The van der Waals surface area contributed by atoms with Crippen molar-refractivity contribution in [3.05, 3.63) is 28.8 Å². The topological polar surface area (TPSA) is 55.5 Å². The van der Waals surface area contributed by atoms with Crippen LogP contribution in [-0.2, 0) is 11.4 Å². The van der Waals surface area contributed by atoms with Crippen LogP contribution in [0.25, 0.3) is 0 Å². The van der Waals surface area contributed by atoms with E-state index in [0.29, 0.717) is 0 Å². The van der Waals surface area contributed by atoms with Crippen molar-refractivity contribution < 1.29 is 9.94 Å². The second-order valence-corrected chi connectivity index (χ2v) is 2.89. The van der Waals surface area contributed by atoms with Crippen LogP contribution in [-0.4, -0.2) is 5.11 Å². The van der Waals surface area contributed by atoms with Gasteiger partial charge in [-0.2, -0.15) is 0 Å². The van der Waals surface area contributed by atoms with Crippen LogP contribution in [0.4, 0.5) is 0 Å². The molecule has 0 aliphatic heterocycles. The molecule has 66 valence electrons. The maximum Gasteiger partial charge on any atom is 0.121 e. The summed E-state index contributed by atoms with van der Waals surface area (Å²) in [5.74, 6) is 5.17. The van der Waals surface area contributed by atoms with Crippen molar-refractivity contribution in [1.29, 1.82) is 0 Å². The van der Waals surface area contributed by atoms with Gasteiger partial charge in [-0.1, -0.05) is 6.07 Å². The summed E-state index contributed by atoms with van der Waals surface area (Å²) in [5, 5.41) is 9.47. The standard InChI is InChI=1S/C9H13NO2/c1-6-3-7(2)8(5-12-10)9(11)4-6/h3-4,11H,5,10H2,1-2H3. The molecule has 0 atom stereocenters. The van der Waals surface area contributed by atoms with Crippen molar-refractivity contribution in [2.45, 2.75) is 20.5 Å². The summed E-state index contributed by atoms with van der Waals surface area (Å²) in [7, 11) is 0. The third-order valence-electron chi connectivity index (χ3n) is 1.82. The Bertz CT molecular complexity index is 261. The zero-order valence-corrected chi connectivity index (χ0v) is 7.29. The zero-order chi connectivity index (χ0) is 9.14. The number of nitrogens with two attached hydrogens (primary N) is 1. The first-order valence-corrected chi connectivity index (χ1v) is 3.76. The van der Waals surface area contributed by atoms with Gasteiger partial charge in [0.2, 0.25) is 0 Å². The van der Waals surface area contributed by atoms with Crippen molar-refractivity contribution >= 4 is 0 Å². The number of phenols is 1. The van der Waals surface area contributed by atoms with Crippen LogP contribution in [0.5, 0.6) is 5.75 Å². The minimum absolute atomic E-state index is 0.248. The van der Waals surface area contributed by atoms with Crippen molar-refractivity contribution in [2.75, 3.05) is 0 Å². The molecule has 0 aromatic heterocycles. The molecule has 3 N–H and O–H groups in total. The molecular weight excluding hydrogens is 154 g/mol. The van der Waals surface area contributed by atoms with E-state index >= 15 is 0 Å². The fraction of sp³-hybridized carbons (Fsp3) is 0.333. The number of phenolic OH excluding ortho intramolecular Hbond substituents is 1. The number of hydrogen-bond acceptors (Lipinski definition) is 3. The van der Waals surface area contributed by atoms with Crippen molar-refractivity contribution in [2.24, 2.45) is 5.90 Å². The number of aromatic hydroxyl groups is 1. The predicted octanol–water partition coefficient (Wildman–Crippen LogP) is 1.40. The van der Waals surface area contributed by atoms with Gasteiger partial charge in [-0.15, -0.1) is 0 Å². The van der Waals surface area contributed by atoms with Gasteiger partial charge >= 0.3 is 0 Å². The summed E-state index contributed by atoms with van der Waals surface area (Å²) in [6.45, 7) is 4.10. The molecule has 0 fully saturated rings. The highest BCUT2D eigenvalue weighted by atomic mass is 16.6. The van der Waals surface area contributed by atoms with Crippen LogP contribution in [0.3, 0.4) is 0 Å². The second-order valence-electron chi connectivity index (χ2n) is 2.89. The van der Waals surface area contributed by atoms with Gasteiger partial charge in [0.15, 0.2) is 0 Å². The number of benzene rings is 1. The van der Waals surface area contributed by atoms with E-state index in [1.54, 1.807) is 6.07 Å². The van der Waals surface area contributed by atoms with Gasteiger partial charge in [0, 0.05) is 5.56 Å². The molecular formula is C9H13NO2. The highest BCUT2D eigenvalue weighted by Crippen LogP contribution is 2.22. The molecule has 0 unspecified atom stereocenters. The van der Waals surface area contributed by atoms with Gasteiger partial charge in [0.05, 0.1) is 6.61 Å². The minimum atomic E-state index is 0.248. The van der Waals surface area contributed by atoms with Crippen LogP contribution in [0.15, 0.2) is 12.1 Å². The van der Waals surface area contributed by atoms with Crippen LogP contribution in [0.2, 0.25) is 0 Å². The summed E-state index contributed by atoms with van der Waals surface area (Å²) in [4.78, 5) is 4.47. The van der Waals surface area contributed by atoms with Crippen LogP contribution in [0, 0.1) is 13.8 Å². The molecule has 0 radical (unpaired) electrons. The lowest BCUT2D eigenvalue weighted by molar-refractivity contribution is 0.121. The Morgan fingerprint density at radius 2 is 2.08 bits per heavy atom. The Balaban J connectivity index is 3.10. The van der Waals surface area contributed by atoms with Crippen LogP contribution in [0.1, 0.15) is 16.7 Å². The first-order chi connectivity index (χ1) is 5.65. The average Bonchev–Trinajstić information content (AvgIpc) is 1.96. The Morgan fingerprint density at radius 3 is 2.58 bits per heavy atom. The number of aryl methyl sites for hydroxylation is 2. The van der Waals surface area contributed by atoms with Gasteiger partial charge in [-0.3, -0.25) is 4.84 Å². The smallest absolute Gasteiger partial charge is 0.121 e. The molecule has 1 aromatic rings. The highest BCUT2D eigenvalue weighted by Gasteiger charge is 2.04. The highest BCUT2D eigenvalue weighted by molar-refractivity contribution is 5.41. The summed E-state index contributed by atoms with van der Waals surface area (Å²) < 4.78 is 0. The molecule has 3 nitrogen and oxygen atoms in total. The molecule has 1 aromatic carbocycles. The lowest BCUT2D eigenvalue weighted by atomic mass is 10.1. The van der Waals surface area contributed by atoms with E-state index in [1.807, 2.05) is 19.9 Å². The van der Waals surface area contributed by atoms with Gasteiger partial charge < -0.3 is 5.11 Å². The number of rotatable bonds is 2. The Hall–Kier alpha value is -1.06. The first-order valence-electron chi connectivity index (χ1n) is 3.76. The largest absolute Gasteiger partial charge is 0.508 e. The lowest BCUT2D eigenvalue weighted by Gasteiger charge is -2.07. The summed E-state index contributed by atoms with van der Waals surface area (Å²) in [5.41, 5.74) is 2.78. The van der Waals surface area contributed by atoms with Gasteiger partial charge in [0.1, 0.15) is 5.75 Å². The third kappa shape index (κ3) is 1.75. The Morgan fingerprint density at radius 1 is 1.42 bits per heavy atom. The molecule has 3 heteroatoms. The fourth-order valence-electron chi connectivity index (χ4n) is 1.25. The summed E-state index contributed by atoms with van der Waals surface area (Å²) >= 11 is 0. The maximum absolute atomic E-state index is 9.47. The predicted molar refractivity (Wildman–Crippen MR) is 46.6 cm³/mol. The molecule has 0 bridgehead atoms. The van der Waals surface area contributed by atoms with Crippen molar-refractivity contribution in [1.82, 2.24) is 0 Å². The van der Waals surface area contributed by atoms with E-state index < -0.39 is 0 Å².